The number of carbonyl (C=O) groups is 1. The van der Waals surface area contributed by atoms with Crippen LogP contribution < -0.4 is 4.74 Å². The molecule has 4 heteroatoms. The molecule has 100 valence electrons. The molecule has 0 spiro atoms. The summed E-state index contributed by atoms with van der Waals surface area (Å²) < 4.78 is 10.1. The van der Waals surface area contributed by atoms with Gasteiger partial charge >= 0.3 is 5.97 Å². The minimum atomic E-state index is -0.669. The zero-order valence-corrected chi connectivity index (χ0v) is 10.9. The Labute approximate surface area is 111 Å². The fourth-order valence-corrected chi connectivity index (χ4v) is 1.94. The lowest BCUT2D eigenvalue weighted by atomic mass is 10.0. The lowest BCUT2D eigenvalue weighted by Crippen LogP contribution is -2.14. The van der Waals surface area contributed by atoms with Gasteiger partial charge in [0, 0.05) is 10.9 Å². The van der Waals surface area contributed by atoms with Crippen LogP contribution >= 0.6 is 0 Å². The summed E-state index contributed by atoms with van der Waals surface area (Å²) in [6.45, 7) is 1.49. The van der Waals surface area contributed by atoms with Gasteiger partial charge < -0.3 is 14.6 Å². The zero-order valence-electron chi connectivity index (χ0n) is 10.9. The third-order valence-corrected chi connectivity index (χ3v) is 2.92. The van der Waals surface area contributed by atoms with Gasteiger partial charge in [-0.2, -0.15) is 0 Å². The Morgan fingerprint density at radius 3 is 2.68 bits per heavy atom. The number of hydrogen-bond acceptors (Lipinski definition) is 4. The highest BCUT2D eigenvalue weighted by Crippen LogP contribution is 2.33. The van der Waals surface area contributed by atoms with Crippen molar-refractivity contribution in [2.24, 2.45) is 0 Å². The molecule has 0 saturated carbocycles. The fourth-order valence-electron chi connectivity index (χ4n) is 1.94. The second-order valence-electron chi connectivity index (χ2n) is 4.25. The van der Waals surface area contributed by atoms with Crippen LogP contribution in [0, 0.1) is 0 Å². The van der Waals surface area contributed by atoms with Crippen LogP contribution in [0.3, 0.4) is 0 Å². The van der Waals surface area contributed by atoms with Gasteiger partial charge in [-0.15, -0.1) is 0 Å². The first-order valence-electron chi connectivity index (χ1n) is 6.03. The van der Waals surface area contributed by atoms with E-state index in [2.05, 4.69) is 4.74 Å². The van der Waals surface area contributed by atoms with Gasteiger partial charge in [0.05, 0.1) is 13.2 Å². The molecule has 0 aliphatic heterocycles. The van der Waals surface area contributed by atoms with Crippen molar-refractivity contribution in [3.63, 3.8) is 0 Å². The molecule has 19 heavy (non-hydrogen) atoms. The van der Waals surface area contributed by atoms with Crippen molar-refractivity contribution in [1.29, 1.82) is 0 Å². The van der Waals surface area contributed by atoms with Crippen LogP contribution in [0.5, 0.6) is 5.75 Å². The molecule has 0 aliphatic rings. The average Bonchev–Trinajstić information content (AvgIpc) is 2.43. The van der Waals surface area contributed by atoms with Crippen molar-refractivity contribution >= 4 is 16.7 Å². The number of esters is 1. The normalized spacial score (nSPS) is 12.2. The molecular formula is C15H16O4. The lowest BCUT2D eigenvalue weighted by molar-refractivity contribution is -0.142. The number of rotatable bonds is 4. The Hall–Kier alpha value is -2.07. The van der Waals surface area contributed by atoms with Crippen molar-refractivity contribution in [3.05, 3.63) is 42.0 Å². The Morgan fingerprint density at radius 1 is 1.26 bits per heavy atom. The van der Waals surface area contributed by atoms with E-state index < -0.39 is 12.1 Å². The van der Waals surface area contributed by atoms with Crippen LogP contribution in [-0.4, -0.2) is 24.8 Å². The van der Waals surface area contributed by atoms with Crippen molar-refractivity contribution in [2.45, 2.75) is 13.0 Å². The van der Waals surface area contributed by atoms with Gasteiger partial charge in [-0.3, -0.25) is 0 Å². The van der Waals surface area contributed by atoms with Crippen molar-refractivity contribution in [2.75, 3.05) is 13.7 Å². The second kappa shape index (κ2) is 5.71. The van der Waals surface area contributed by atoms with Gasteiger partial charge in [-0.25, -0.2) is 4.79 Å². The molecule has 2 aromatic rings. The molecule has 0 unspecified atom stereocenters. The summed E-state index contributed by atoms with van der Waals surface area (Å²) in [5.74, 6) is 0.0722. The van der Waals surface area contributed by atoms with Gasteiger partial charge in [-0.05, 0) is 12.3 Å². The van der Waals surface area contributed by atoms with Crippen LogP contribution in [0.1, 0.15) is 18.6 Å². The van der Waals surface area contributed by atoms with E-state index in [9.17, 15) is 9.90 Å². The summed E-state index contributed by atoms with van der Waals surface area (Å²) in [4.78, 5) is 11.2. The molecule has 2 rings (SSSR count). The average molecular weight is 260 g/mol. The van der Waals surface area contributed by atoms with E-state index in [-0.39, 0.29) is 6.61 Å². The molecule has 0 fully saturated rings. The summed E-state index contributed by atoms with van der Waals surface area (Å²) >= 11 is 0. The molecule has 0 amide bonds. The third kappa shape index (κ3) is 2.85. The fraction of sp³-hybridized carbons (Fsp3) is 0.267. The van der Waals surface area contributed by atoms with Crippen molar-refractivity contribution < 1.29 is 19.4 Å². The van der Waals surface area contributed by atoms with E-state index in [0.29, 0.717) is 11.3 Å². The highest BCUT2D eigenvalue weighted by atomic mass is 16.6. The molecule has 0 saturated heterocycles. The maximum Gasteiger partial charge on any atom is 0.343 e. The maximum atomic E-state index is 11.2. The first-order chi connectivity index (χ1) is 9.13. The molecule has 2 aromatic carbocycles. The van der Waals surface area contributed by atoms with Crippen LogP contribution in [0.2, 0.25) is 0 Å². The van der Waals surface area contributed by atoms with Crippen LogP contribution in [0.4, 0.5) is 0 Å². The Balaban J connectivity index is 2.46. The largest absolute Gasteiger partial charge is 0.481 e. The molecule has 4 nitrogen and oxygen atoms in total. The molecular weight excluding hydrogens is 244 g/mol. The Morgan fingerprint density at radius 2 is 2.00 bits per heavy atom. The van der Waals surface area contributed by atoms with Crippen molar-refractivity contribution in [1.82, 2.24) is 0 Å². The van der Waals surface area contributed by atoms with Gasteiger partial charge in [-0.1, -0.05) is 36.4 Å². The number of aliphatic hydroxyl groups excluding tert-OH is 1. The first-order valence-corrected chi connectivity index (χ1v) is 6.03. The first kappa shape index (κ1) is 13.4. The molecule has 0 bridgehead atoms. The Kier molecular flexibility index (Phi) is 4.02. The Bertz CT molecular complexity index is 590. The van der Waals surface area contributed by atoms with E-state index >= 15 is 0 Å². The van der Waals surface area contributed by atoms with E-state index in [4.69, 9.17) is 4.74 Å². The topological polar surface area (TPSA) is 55.8 Å². The zero-order chi connectivity index (χ0) is 13.8. The standard InChI is InChI=1S/C15H16O4/c1-10(16)12-8-7-11-5-3-4-6-13(11)15(12)19-9-14(17)18-2/h3-8,10,16H,9H2,1-2H3/t10-/m1/s1. The lowest BCUT2D eigenvalue weighted by Gasteiger charge is -2.15. The number of fused-ring (bicyclic) bond motifs is 1. The predicted octanol–water partition coefficient (Wildman–Crippen LogP) is 2.44. The van der Waals surface area contributed by atoms with Gasteiger partial charge in [0.2, 0.25) is 0 Å². The van der Waals surface area contributed by atoms with Crippen molar-refractivity contribution in [3.8, 4) is 5.75 Å². The number of benzene rings is 2. The van der Waals surface area contributed by atoms with E-state index in [1.54, 1.807) is 13.0 Å². The molecule has 0 aromatic heterocycles. The molecule has 1 atom stereocenters. The van der Waals surface area contributed by atoms with Gasteiger partial charge in [0.25, 0.3) is 0 Å². The summed E-state index contributed by atoms with van der Waals surface area (Å²) in [7, 11) is 1.31. The van der Waals surface area contributed by atoms with Gasteiger partial charge in [0.1, 0.15) is 5.75 Å². The molecule has 0 aliphatic carbocycles. The van der Waals surface area contributed by atoms with E-state index in [0.717, 1.165) is 10.8 Å². The molecule has 0 heterocycles. The maximum absolute atomic E-state index is 11.2. The highest BCUT2D eigenvalue weighted by molar-refractivity contribution is 5.90. The van der Waals surface area contributed by atoms with E-state index in [1.807, 2.05) is 30.3 Å². The predicted molar refractivity (Wildman–Crippen MR) is 72.1 cm³/mol. The van der Waals surface area contributed by atoms with Crippen LogP contribution in [-0.2, 0) is 9.53 Å². The van der Waals surface area contributed by atoms with Crippen LogP contribution in [0.15, 0.2) is 36.4 Å². The minimum absolute atomic E-state index is 0.176. The van der Waals surface area contributed by atoms with E-state index in [1.165, 1.54) is 7.11 Å². The van der Waals surface area contributed by atoms with Crippen LogP contribution in [0.25, 0.3) is 10.8 Å². The quantitative estimate of drug-likeness (QED) is 0.858. The SMILES string of the molecule is COC(=O)COc1c([C@@H](C)O)ccc2ccccc12. The number of ether oxygens (including phenoxy) is 2. The second-order valence-corrected chi connectivity index (χ2v) is 4.25. The highest BCUT2D eigenvalue weighted by Gasteiger charge is 2.14. The summed E-state index contributed by atoms with van der Waals surface area (Å²) in [5.41, 5.74) is 0.655. The summed E-state index contributed by atoms with van der Waals surface area (Å²) in [6.07, 6.45) is -0.669. The monoisotopic (exact) mass is 260 g/mol. The third-order valence-electron chi connectivity index (χ3n) is 2.92. The number of hydrogen-bond donors (Lipinski definition) is 1. The summed E-state index contributed by atoms with van der Waals surface area (Å²) in [5, 5.41) is 11.6. The smallest absolute Gasteiger partial charge is 0.343 e. The molecule has 0 radical (unpaired) electrons. The van der Waals surface area contributed by atoms with Gasteiger partial charge in [0.15, 0.2) is 6.61 Å². The number of aliphatic hydroxyl groups is 1. The number of carbonyl (C=O) groups excluding carboxylic acids is 1. The minimum Gasteiger partial charge on any atom is -0.481 e. The molecule has 1 N–H and O–H groups in total. The summed E-state index contributed by atoms with van der Waals surface area (Å²) in [6, 6.07) is 11.4. The number of methoxy groups -OCH3 is 1.